The van der Waals surface area contributed by atoms with E-state index < -0.39 is 0 Å². The first-order valence-electron chi connectivity index (χ1n) is 5.82. The molecule has 2 N–H and O–H groups in total. The topological polar surface area (TPSA) is 41.1 Å². The maximum Gasteiger partial charge on any atom is 0.246 e. The van der Waals surface area contributed by atoms with Gasteiger partial charge >= 0.3 is 0 Å². The third-order valence-corrected chi connectivity index (χ3v) is 4.23. The number of benzene rings is 1. The second kappa shape index (κ2) is 4.76. The lowest BCUT2D eigenvalue weighted by Crippen LogP contribution is -2.23. The summed E-state index contributed by atoms with van der Waals surface area (Å²) < 4.78 is 0.0862. The van der Waals surface area contributed by atoms with Crippen molar-refractivity contribution in [3.8, 4) is 0 Å². The van der Waals surface area contributed by atoms with Crippen molar-refractivity contribution in [2.24, 2.45) is 0 Å². The van der Waals surface area contributed by atoms with Crippen LogP contribution in [0.25, 0.3) is 0 Å². The first-order valence-corrected chi connectivity index (χ1v) is 7.02. The summed E-state index contributed by atoms with van der Waals surface area (Å²) in [6.45, 7) is 6.41. The SMILES string of the molecule is CNC1C(=O)Nc2cc(SC(C)(C)C)c(Cl)cc21. The van der Waals surface area contributed by atoms with Crippen LogP contribution in [0.15, 0.2) is 17.0 Å². The number of rotatable bonds is 2. The molecule has 2 rings (SSSR count). The molecule has 0 bridgehead atoms. The van der Waals surface area contributed by atoms with Gasteiger partial charge in [0, 0.05) is 20.9 Å². The van der Waals surface area contributed by atoms with E-state index in [-0.39, 0.29) is 16.7 Å². The maximum atomic E-state index is 11.7. The number of hydrogen-bond donors (Lipinski definition) is 2. The van der Waals surface area contributed by atoms with Gasteiger partial charge in [-0.15, -0.1) is 11.8 Å². The molecule has 3 nitrogen and oxygen atoms in total. The summed E-state index contributed by atoms with van der Waals surface area (Å²) in [7, 11) is 1.77. The first kappa shape index (κ1) is 13.7. The lowest BCUT2D eigenvalue weighted by Gasteiger charge is -2.19. The van der Waals surface area contributed by atoms with Crippen molar-refractivity contribution in [2.45, 2.75) is 36.5 Å². The number of halogens is 1. The molecule has 1 aromatic rings. The smallest absolute Gasteiger partial charge is 0.246 e. The fourth-order valence-corrected chi connectivity index (χ4v) is 3.24. The predicted molar refractivity (Wildman–Crippen MR) is 77.5 cm³/mol. The van der Waals surface area contributed by atoms with Crippen LogP contribution in [-0.4, -0.2) is 17.7 Å². The summed E-state index contributed by atoms with van der Waals surface area (Å²) in [6.07, 6.45) is 0. The predicted octanol–water partition coefficient (Wildman–Crippen LogP) is 3.44. The van der Waals surface area contributed by atoms with Gasteiger partial charge in [0.2, 0.25) is 5.91 Å². The summed E-state index contributed by atoms with van der Waals surface area (Å²) in [6, 6.07) is 3.54. The van der Waals surface area contributed by atoms with Gasteiger partial charge in [0.25, 0.3) is 0 Å². The minimum absolute atomic E-state index is 0.0264. The van der Waals surface area contributed by atoms with E-state index >= 15 is 0 Å². The molecule has 1 heterocycles. The molecule has 0 saturated carbocycles. The van der Waals surface area contributed by atoms with Crippen LogP contribution in [0.3, 0.4) is 0 Å². The monoisotopic (exact) mass is 284 g/mol. The fourth-order valence-electron chi connectivity index (χ4n) is 1.96. The zero-order valence-corrected chi connectivity index (χ0v) is 12.5. The van der Waals surface area contributed by atoms with Crippen molar-refractivity contribution in [1.29, 1.82) is 0 Å². The van der Waals surface area contributed by atoms with Gasteiger partial charge in [-0.25, -0.2) is 0 Å². The van der Waals surface area contributed by atoms with Gasteiger partial charge in [-0.2, -0.15) is 0 Å². The van der Waals surface area contributed by atoms with Crippen molar-refractivity contribution in [3.63, 3.8) is 0 Å². The van der Waals surface area contributed by atoms with Crippen LogP contribution in [0, 0.1) is 0 Å². The van der Waals surface area contributed by atoms with Crippen LogP contribution >= 0.6 is 23.4 Å². The fraction of sp³-hybridized carbons (Fsp3) is 0.462. The Balaban J connectivity index is 2.40. The normalized spacial score (nSPS) is 18.7. The molecule has 18 heavy (non-hydrogen) atoms. The Morgan fingerprint density at radius 3 is 2.61 bits per heavy atom. The highest BCUT2D eigenvalue weighted by Gasteiger charge is 2.30. The molecule has 0 aromatic heterocycles. The number of thioether (sulfide) groups is 1. The Morgan fingerprint density at radius 2 is 2.06 bits per heavy atom. The molecule has 1 aliphatic rings. The lowest BCUT2D eigenvalue weighted by atomic mass is 10.1. The number of likely N-dealkylation sites (N-methyl/N-ethyl adjacent to an activating group) is 1. The van der Waals surface area contributed by atoms with E-state index in [2.05, 4.69) is 31.4 Å². The molecule has 0 radical (unpaired) electrons. The summed E-state index contributed by atoms with van der Waals surface area (Å²) in [5.41, 5.74) is 1.78. The Hall–Kier alpha value is -0.710. The minimum Gasteiger partial charge on any atom is -0.324 e. The third-order valence-electron chi connectivity index (χ3n) is 2.64. The van der Waals surface area contributed by atoms with Gasteiger partial charge in [0.1, 0.15) is 6.04 Å². The van der Waals surface area contributed by atoms with Gasteiger partial charge in [-0.1, -0.05) is 32.4 Å². The minimum atomic E-state index is -0.300. The summed E-state index contributed by atoms with van der Waals surface area (Å²) in [4.78, 5) is 12.7. The van der Waals surface area contributed by atoms with Crippen LogP contribution in [0.2, 0.25) is 5.02 Å². The molecule has 1 aliphatic heterocycles. The van der Waals surface area contributed by atoms with Crippen LogP contribution in [-0.2, 0) is 4.79 Å². The molecule has 0 aliphatic carbocycles. The number of amides is 1. The van der Waals surface area contributed by atoms with Gasteiger partial charge in [0.05, 0.1) is 5.02 Å². The van der Waals surface area contributed by atoms with Crippen LogP contribution in [0.1, 0.15) is 32.4 Å². The number of hydrogen-bond acceptors (Lipinski definition) is 3. The first-order chi connectivity index (χ1) is 8.31. The number of anilines is 1. The van der Waals surface area contributed by atoms with Crippen LogP contribution in [0.5, 0.6) is 0 Å². The Labute approximate surface area is 117 Å². The molecule has 1 aromatic carbocycles. The van der Waals surface area contributed by atoms with Gasteiger partial charge in [-0.05, 0) is 19.2 Å². The highest BCUT2D eigenvalue weighted by atomic mass is 35.5. The van der Waals surface area contributed by atoms with Crippen molar-refractivity contribution in [1.82, 2.24) is 5.32 Å². The molecule has 5 heteroatoms. The molecule has 1 amide bonds. The van der Waals surface area contributed by atoms with Crippen molar-refractivity contribution in [2.75, 3.05) is 12.4 Å². The molecular formula is C13H17ClN2OS. The quantitative estimate of drug-likeness (QED) is 0.818. The zero-order chi connectivity index (χ0) is 13.5. The van der Waals surface area contributed by atoms with E-state index in [4.69, 9.17) is 11.6 Å². The number of carbonyl (C=O) groups excluding carboxylic acids is 1. The molecule has 0 fully saturated rings. The van der Waals surface area contributed by atoms with Crippen molar-refractivity contribution in [3.05, 3.63) is 22.7 Å². The lowest BCUT2D eigenvalue weighted by molar-refractivity contribution is -0.117. The Morgan fingerprint density at radius 1 is 1.39 bits per heavy atom. The average molecular weight is 285 g/mol. The average Bonchev–Trinajstić information content (AvgIpc) is 2.51. The zero-order valence-electron chi connectivity index (χ0n) is 10.9. The van der Waals surface area contributed by atoms with Gasteiger partial charge in [-0.3, -0.25) is 4.79 Å². The summed E-state index contributed by atoms with van der Waals surface area (Å²) in [5.74, 6) is -0.0264. The van der Waals surface area contributed by atoms with E-state index in [0.717, 1.165) is 16.1 Å². The summed E-state index contributed by atoms with van der Waals surface area (Å²) >= 11 is 8.00. The Kier molecular flexibility index (Phi) is 3.63. The van der Waals surface area contributed by atoms with E-state index in [1.807, 2.05) is 12.1 Å². The van der Waals surface area contributed by atoms with E-state index in [1.165, 1.54) is 0 Å². The van der Waals surface area contributed by atoms with E-state index in [0.29, 0.717) is 5.02 Å². The highest BCUT2D eigenvalue weighted by molar-refractivity contribution is 8.00. The second-order valence-corrected chi connectivity index (χ2v) is 7.57. The molecule has 0 saturated heterocycles. The maximum absolute atomic E-state index is 11.7. The van der Waals surface area contributed by atoms with Crippen molar-refractivity contribution < 1.29 is 4.79 Å². The number of fused-ring (bicyclic) bond motifs is 1. The van der Waals surface area contributed by atoms with Gasteiger partial charge in [0.15, 0.2) is 0 Å². The van der Waals surface area contributed by atoms with Gasteiger partial charge < -0.3 is 10.6 Å². The molecule has 98 valence electrons. The summed E-state index contributed by atoms with van der Waals surface area (Å²) in [5, 5.41) is 6.57. The Bertz CT molecular complexity index is 496. The molecule has 1 unspecified atom stereocenters. The van der Waals surface area contributed by atoms with E-state index in [9.17, 15) is 4.79 Å². The van der Waals surface area contributed by atoms with E-state index in [1.54, 1.807) is 18.8 Å². The van der Waals surface area contributed by atoms with Crippen LogP contribution in [0.4, 0.5) is 5.69 Å². The number of nitrogens with one attached hydrogen (secondary N) is 2. The number of carbonyl (C=O) groups is 1. The second-order valence-electron chi connectivity index (χ2n) is 5.30. The standard InChI is InChI=1S/C13H17ClN2OS/c1-13(2,3)18-10-6-9-7(5-8(10)14)11(15-4)12(17)16-9/h5-6,11,15H,1-4H3,(H,16,17). The van der Waals surface area contributed by atoms with Crippen molar-refractivity contribution >= 4 is 35.0 Å². The van der Waals surface area contributed by atoms with Crippen LogP contribution < -0.4 is 10.6 Å². The highest BCUT2D eigenvalue weighted by Crippen LogP contribution is 2.42. The molecule has 1 atom stereocenters. The largest absolute Gasteiger partial charge is 0.324 e. The third kappa shape index (κ3) is 2.66. The molecule has 0 spiro atoms. The molecular weight excluding hydrogens is 268 g/mol.